The fourth-order valence-corrected chi connectivity index (χ4v) is 4.21. The summed E-state index contributed by atoms with van der Waals surface area (Å²) in [7, 11) is 1.89. The Labute approximate surface area is 153 Å². The third-order valence-corrected chi connectivity index (χ3v) is 5.68. The molecule has 1 saturated heterocycles. The summed E-state index contributed by atoms with van der Waals surface area (Å²) in [6, 6.07) is 5.06. The number of alkyl halides is 3. The van der Waals surface area contributed by atoms with Crippen molar-refractivity contribution in [2.75, 3.05) is 13.1 Å². The van der Waals surface area contributed by atoms with Crippen LogP contribution in [0, 0.1) is 5.41 Å². The number of amides is 1. The van der Waals surface area contributed by atoms with Crippen LogP contribution in [-0.4, -0.2) is 45.0 Å². The van der Waals surface area contributed by atoms with Crippen LogP contribution in [0.2, 0.25) is 0 Å². The van der Waals surface area contributed by atoms with Crippen molar-refractivity contribution in [3.05, 3.63) is 42.0 Å². The number of carbonyl (C=O) groups excluding carboxylic acids is 1. The molecule has 2 heterocycles. The molecule has 27 heavy (non-hydrogen) atoms. The van der Waals surface area contributed by atoms with Gasteiger partial charge in [-0.3, -0.25) is 4.79 Å². The molecule has 1 aliphatic carbocycles. The first-order valence-corrected chi connectivity index (χ1v) is 8.76. The summed E-state index contributed by atoms with van der Waals surface area (Å²) in [5.74, 6) is 0.465. The quantitative estimate of drug-likeness (QED) is 0.821. The molecule has 1 aromatic heterocycles. The Bertz CT molecular complexity index is 843. The van der Waals surface area contributed by atoms with E-state index in [9.17, 15) is 18.0 Å². The molecule has 2 aliphatic rings. The Balaban J connectivity index is 1.52. The van der Waals surface area contributed by atoms with Crippen LogP contribution >= 0.6 is 0 Å². The lowest BCUT2D eigenvalue weighted by molar-refractivity contribution is -0.274. The second-order valence-corrected chi connectivity index (χ2v) is 7.33. The van der Waals surface area contributed by atoms with E-state index in [0.717, 1.165) is 37.2 Å². The predicted octanol–water partition coefficient (Wildman–Crippen LogP) is 3.12. The molecule has 0 bridgehead atoms. The second-order valence-electron chi connectivity index (χ2n) is 7.33. The van der Waals surface area contributed by atoms with Crippen molar-refractivity contribution in [2.45, 2.75) is 31.5 Å². The number of halogens is 3. The maximum atomic E-state index is 12.9. The van der Waals surface area contributed by atoms with Gasteiger partial charge in [-0.25, -0.2) is 0 Å². The van der Waals surface area contributed by atoms with Crippen LogP contribution in [0.5, 0.6) is 5.75 Å². The van der Waals surface area contributed by atoms with E-state index in [-0.39, 0.29) is 23.0 Å². The van der Waals surface area contributed by atoms with Crippen molar-refractivity contribution in [3.63, 3.8) is 0 Å². The van der Waals surface area contributed by atoms with Crippen molar-refractivity contribution >= 4 is 5.91 Å². The van der Waals surface area contributed by atoms with Crippen molar-refractivity contribution < 1.29 is 22.7 Å². The van der Waals surface area contributed by atoms with Gasteiger partial charge in [0.05, 0.1) is 0 Å². The lowest BCUT2D eigenvalue weighted by Gasteiger charge is -2.42. The molecule has 6 nitrogen and oxygen atoms in total. The lowest BCUT2D eigenvalue weighted by Crippen LogP contribution is -2.38. The SMILES string of the molecule is Cn1cnnc1C1CN(C(=O)c2ccc(OC(F)(F)F)cc2)CC12CCC2. The van der Waals surface area contributed by atoms with Gasteiger partial charge in [-0.05, 0) is 42.5 Å². The van der Waals surface area contributed by atoms with Gasteiger partial charge in [0.2, 0.25) is 0 Å². The summed E-state index contributed by atoms with van der Waals surface area (Å²) in [4.78, 5) is 14.7. The Kier molecular flexibility index (Phi) is 4.12. The van der Waals surface area contributed by atoms with Crippen LogP contribution in [0.3, 0.4) is 0 Å². The highest BCUT2D eigenvalue weighted by molar-refractivity contribution is 5.94. The third kappa shape index (κ3) is 3.26. The standard InChI is InChI=1S/C18H19F3N4O2/c1-24-11-22-23-15(24)14-9-25(10-17(14)7-2-8-17)16(26)12-3-5-13(6-4-12)27-18(19,20)21/h3-6,11,14H,2,7-10H2,1H3. The maximum absolute atomic E-state index is 12.9. The molecular formula is C18H19F3N4O2. The van der Waals surface area contributed by atoms with E-state index in [1.165, 1.54) is 12.1 Å². The minimum absolute atomic E-state index is 0.0236. The monoisotopic (exact) mass is 380 g/mol. The Hall–Kier alpha value is -2.58. The van der Waals surface area contributed by atoms with Crippen LogP contribution in [0.25, 0.3) is 0 Å². The molecule has 1 unspecified atom stereocenters. The molecule has 9 heteroatoms. The van der Waals surface area contributed by atoms with Crippen molar-refractivity contribution in [1.82, 2.24) is 19.7 Å². The molecule has 1 amide bonds. The van der Waals surface area contributed by atoms with Gasteiger partial charge in [0, 0.05) is 31.6 Å². The minimum Gasteiger partial charge on any atom is -0.406 e. The van der Waals surface area contributed by atoms with Gasteiger partial charge in [-0.2, -0.15) is 0 Å². The first-order valence-electron chi connectivity index (χ1n) is 8.76. The normalized spacial score (nSPS) is 21.3. The molecule has 1 aliphatic heterocycles. The zero-order chi connectivity index (χ0) is 19.2. The minimum atomic E-state index is -4.75. The molecule has 1 atom stereocenters. The number of aromatic nitrogens is 3. The molecule has 0 radical (unpaired) electrons. The number of carbonyl (C=O) groups is 1. The lowest BCUT2D eigenvalue weighted by atomic mass is 9.62. The highest BCUT2D eigenvalue weighted by atomic mass is 19.4. The third-order valence-electron chi connectivity index (χ3n) is 5.68. The number of rotatable bonds is 3. The van der Waals surface area contributed by atoms with E-state index in [4.69, 9.17) is 0 Å². The van der Waals surface area contributed by atoms with E-state index >= 15 is 0 Å². The summed E-state index contributed by atoms with van der Waals surface area (Å²) in [5, 5.41) is 8.20. The van der Waals surface area contributed by atoms with Crippen LogP contribution in [0.1, 0.15) is 41.4 Å². The average molecular weight is 380 g/mol. The highest BCUT2D eigenvalue weighted by Crippen LogP contribution is 2.55. The summed E-state index contributed by atoms with van der Waals surface area (Å²) in [5.41, 5.74) is 0.369. The molecule has 4 rings (SSSR count). The first-order chi connectivity index (χ1) is 12.8. The number of aryl methyl sites for hydroxylation is 1. The van der Waals surface area contributed by atoms with Crippen molar-refractivity contribution in [2.24, 2.45) is 12.5 Å². The molecule has 0 N–H and O–H groups in total. The van der Waals surface area contributed by atoms with Gasteiger partial charge in [0.25, 0.3) is 5.91 Å². The first kappa shape index (κ1) is 17.8. The van der Waals surface area contributed by atoms with Gasteiger partial charge >= 0.3 is 6.36 Å². The molecule has 144 valence electrons. The van der Waals surface area contributed by atoms with Crippen LogP contribution in [0.15, 0.2) is 30.6 Å². The number of ether oxygens (including phenoxy) is 1. The summed E-state index contributed by atoms with van der Waals surface area (Å²) in [6.07, 6.45) is 0.102. The number of hydrogen-bond donors (Lipinski definition) is 0. The fraction of sp³-hybridized carbons (Fsp3) is 0.500. The van der Waals surface area contributed by atoms with Crippen LogP contribution in [-0.2, 0) is 7.05 Å². The molecule has 1 spiro atoms. The van der Waals surface area contributed by atoms with E-state index < -0.39 is 6.36 Å². The average Bonchev–Trinajstić information content (AvgIpc) is 3.16. The number of hydrogen-bond acceptors (Lipinski definition) is 4. The number of benzene rings is 1. The molecule has 2 aromatic rings. The summed E-state index contributed by atoms with van der Waals surface area (Å²) < 4.78 is 42.6. The van der Waals surface area contributed by atoms with Crippen LogP contribution in [0.4, 0.5) is 13.2 Å². The molecular weight excluding hydrogens is 361 g/mol. The smallest absolute Gasteiger partial charge is 0.406 e. The Morgan fingerprint density at radius 3 is 2.48 bits per heavy atom. The Morgan fingerprint density at radius 2 is 1.96 bits per heavy atom. The second kappa shape index (κ2) is 6.24. The maximum Gasteiger partial charge on any atom is 0.573 e. The van der Waals surface area contributed by atoms with Gasteiger partial charge in [0.15, 0.2) is 0 Å². The number of nitrogens with zero attached hydrogens (tertiary/aromatic N) is 4. The Morgan fingerprint density at radius 1 is 1.26 bits per heavy atom. The number of likely N-dealkylation sites (tertiary alicyclic amines) is 1. The fourth-order valence-electron chi connectivity index (χ4n) is 4.21. The predicted molar refractivity (Wildman–Crippen MR) is 89.1 cm³/mol. The topological polar surface area (TPSA) is 60.2 Å². The molecule has 1 aromatic carbocycles. The van der Waals surface area contributed by atoms with E-state index in [0.29, 0.717) is 18.7 Å². The molecule has 2 fully saturated rings. The van der Waals surface area contributed by atoms with Gasteiger partial charge in [-0.15, -0.1) is 23.4 Å². The van der Waals surface area contributed by atoms with Crippen molar-refractivity contribution in [1.29, 1.82) is 0 Å². The van der Waals surface area contributed by atoms with E-state index in [1.807, 2.05) is 11.6 Å². The van der Waals surface area contributed by atoms with E-state index in [2.05, 4.69) is 14.9 Å². The van der Waals surface area contributed by atoms with Gasteiger partial charge in [-0.1, -0.05) is 6.42 Å². The zero-order valence-corrected chi connectivity index (χ0v) is 14.7. The van der Waals surface area contributed by atoms with Crippen molar-refractivity contribution in [3.8, 4) is 5.75 Å². The highest BCUT2D eigenvalue weighted by Gasteiger charge is 2.53. The summed E-state index contributed by atoms with van der Waals surface area (Å²) in [6.45, 7) is 1.16. The van der Waals surface area contributed by atoms with Crippen LogP contribution < -0.4 is 4.74 Å². The van der Waals surface area contributed by atoms with Gasteiger partial charge in [0.1, 0.15) is 17.9 Å². The summed E-state index contributed by atoms with van der Waals surface area (Å²) >= 11 is 0. The largest absolute Gasteiger partial charge is 0.573 e. The van der Waals surface area contributed by atoms with E-state index in [1.54, 1.807) is 11.2 Å². The molecule has 1 saturated carbocycles. The van der Waals surface area contributed by atoms with Gasteiger partial charge < -0.3 is 14.2 Å². The zero-order valence-electron chi connectivity index (χ0n) is 14.7.